The Morgan fingerprint density at radius 1 is 0.658 bits per heavy atom. The zero-order valence-electron chi connectivity index (χ0n) is 21.4. The van der Waals surface area contributed by atoms with E-state index in [0.29, 0.717) is 17.1 Å². The summed E-state index contributed by atoms with van der Waals surface area (Å²) in [5, 5.41) is 0. The van der Waals surface area contributed by atoms with E-state index >= 15 is 0 Å². The number of ether oxygens (including phenoxy) is 2. The number of rotatable bonds is 8. The van der Waals surface area contributed by atoms with Crippen LogP contribution in [0.5, 0.6) is 17.2 Å². The normalized spacial score (nSPS) is 12.2. The molecule has 0 fully saturated rings. The number of hydrogen-bond acceptors (Lipinski definition) is 6. The Kier molecular flexibility index (Phi) is 7.38. The van der Waals surface area contributed by atoms with E-state index in [1.165, 1.54) is 36.4 Å². The van der Waals surface area contributed by atoms with Crippen LogP contribution < -0.4 is 9.47 Å². The van der Waals surface area contributed by atoms with Crippen LogP contribution in [0.1, 0.15) is 30.5 Å². The molecule has 0 aliphatic rings. The molecule has 198 valence electrons. The van der Waals surface area contributed by atoms with E-state index in [9.17, 15) is 21.4 Å². The Hall–Kier alpha value is -3.66. The summed E-state index contributed by atoms with van der Waals surface area (Å²) >= 11 is 0. The van der Waals surface area contributed by atoms with Gasteiger partial charge in [0.15, 0.2) is 0 Å². The highest BCUT2D eigenvalue weighted by atomic mass is 32.2. The van der Waals surface area contributed by atoms with E-state index in [1.807, 2.05) is 48.5 Å². The van der Waals surface area contributed by atoms with Gasteiger partial charge < -0.3 is 9.47 Å². The standard InChI is InChI=1S/C29H28O7S2/c1-20-5-18-27(28(19-20)38(32,33)34)37(30,31)26-16-14-25(15-17-26)36-24-12-8-22(9-13-24)29(2,3)21-6-10-23(35-4)11-7-21/h5-19H,1-4H3,(H,32,33,34). The van der Waals surface area contributed by atoms with Crippen LogP contribution in [0.3, 0.4) is 0 Å². The summed E-state index contributed by atoms with van der Waals surface area (Å²) in [7, 11) is -7.32. The van der Waals surface area contributed by atoms with Crippen molar-refractivity contribution in [3.05, 3.63) is 108 Å². The summed E-state index contributed by atoms with van der Waals surface area (Å²) in [6.07, 6.45) is 0. The largest absolute Gasteiger partial charge is 0.497 e. The third-order valence-electron chi connectivity index (χ3n) is 6.42. The lowest BCUT2D eigenvalue weighted by Crippen LogP contribution is -2.18. The first kappa shape index (κ1) is 27.4. The van der Waals surface area contributed by atoms with Crippen LogP contribution in [0.25, 0.3) is 0 Å². The van der Waals surface area contributed by atoms with Gasteiger partial charge in [0.2, 0.25) is 9.84 Å². The first-order valence-electron chi connectivity index (χ1n) is 11.7. The monoisotopic (exact) mass is 552 g/mol. The fourth-order valence-corrected chi connectivity index (χ4v) is 6.72. The summed E-state index contributed by atoms with van der Waals surface area (Å²) in [6, 6.07) is 25.0. The van der Waals surface area contributed by atoms with Gasteiger partial charge in [0.25, 0.3) is 10.1 Å². The van der Waals surface area contributed by atoms with Gasteiger partial charge in [0, 0.05) is 5.41 Å². The highest BCUT2D eigenvalue weighted by Crippen LogP contribution is 2.34. The number of methoxy groups -OCH3 is 1. The van der Waals surface area contributed by atoms with Crippen molar-refractivity contribution in [1.29, 1.82) is 0 Å². The summed E-state index contributed by atoms with van der Waals surface area (Å²) < 4.78 is 70.6. The Balaban J connectivity index is 1.54. The van der Waals surface area contributed by atoms with Crippen molar-refractivity contribution < 1.29 is 30.9 Å². The average molecular weight is 553 g/mol. The Labute approximate surface area is 223 Å². The topological polar surface area (TPSA) is 107 Å². The maximum Gasteiger partial charge on any atom is 0.295 e. The maximum absolute atomic E-state index is 13.1. The van der Waals surface area contributed by atoms with Crippen molar-refractivity contribution in [2.75, 3.05) is 7.11 Å². The molecule has 0 saturated carbocycles. The second-order valence-corrected chi connectivity index (χ2v) is 12.7. The van der Waals surface area contributed by atoms with Gasteiger partial charge in [-0.1, -0.05) is 44.2 Å². The molecule has 0 heterocycles. The molecule has 0 saturated heterocycles. The summed E-state index contributed by atoms with van der Waals surface area (Å²) in [4.78, 5) is -1.28. The molecule has 0 spiro atoms. The fourth-order valence-electron chi connectivity index (χ4n) is 4.10. The zero-order valence-corrected chi connectivity index (χ0v) is 23.0. The molecule has 4 aromatic carbocycles. The summed E-state index contributed by atoms with van der Waals surface area (Å²) in [5.74, 6) is 1.77. The van der Waals surface area contributed by atoms with Gasteiger partial charge in [0.05, 0.1) is 16.9 Å². The predicted molar refractivity (Wildman–Crippen MR) is 145 cm³/mol. The van der Waals surface area contributed by atoms with Gasteiger partial charge >= 0.3 is 0 Å². The van der Waals surface area contributed by atoms with Crippen molar-refractivity contribution in [2.24, 2.45) is 0 Å². The fraction of sp³-hybridized carbons (Fsp3) is 0.172. The van der Waals surface area contributed by atoms with E-state index in [2.05, 4.69) is 13.8 Å². The molecule has 0 amide bonds. The summed E-state index contributed by atoms with van der Waals surface area (Å²) in [6.45, 7) is 5.86. The average Bonchev–Trinajstić information content (AvgIpc) is 2.88. The minimum Gasteiger partial charge on any atom is -0.497 e. The Bertz CT molecular complexity index is 1650. The van der Waals surface area contributed by atoms with Crippen LogP contribution in [0.15, 0.2) is 106 Å². The molecule has 0 atom stereocenters. The van der Waals surface area contributed by atoms with Crippen LogP contribution in [-0.2, 0) is 25.4 Å². The predicted octanol–water partition coefficient (Wildman–Crippen LogP) is 6.20. The van der Waals surface area contributed by atoms with Crippen LogP contribution in [0.2, 0.25) is 0 Å². The number of hydrogen-bond donors (Lipinski definition) is 1. The lowest BCUT2D eigenvalue weighted by molar-refractivity contribution is 0.414. The molecule has 38 heavy (non-hydrogen) atoms. The molecule has 7 nitrogen and oxygen atoms in total. The van der Waals surface area contributed by atoms with Crippen LogP contribution >= 0.6 is 0 Å². The molecule has 9 heteroatoms. The van der Waals surface area contributed by atoms with E-state index in [1.54, 1.807) is 14.0 Å². The highest BCUT2D eigenvalue weighted by molar-refractivity contribution is 7.92. The molecule has 1 N–H and O–H groups in total. The molecule has 0 radical (unpaired) electrons. The van der Waals surface area contributed by atoms with E-state index < -0.39 is 29.7 Å². The molecule has 0 unspecified atom stereocenters. The van der Waals surface area contributed by atoms with Crippen molar-refractivity contribution in [3.8, 4) is 17.2 Å². The van der Waals surface area contributed by atoms with Gasteiger partial charge in [0.1, 0.15) is 22.1 Å². The molecular formula is C29H28O7S2. The third-order valence-corrected chi connectivity index (χ3v) is 9.27. The quantitative estimate of drug-likeness (QED) is 0.259. The molecule has 0 bridgehead atoms. The van der Waals surface area contributed by atoms with E-state index in [-0.39, 0.29) is 10.3 Å². The molecule has 0 aliphatic carbocycles. The SMILES string of the molecule is COc1ccc(C(C)(C)c2ccc(Oc3ccc(S(=O)(=O)c4ccc(C)cc4S(=O)(=O)O)cc3)cc2)cc1. The van der Waals surface area contributed by atoms with Gasteiger partial charge in [-0.3, -0.25) is 4.55 Å². The molecule has 0 aliphatic heterocycles. The first-order valence-corrected chi connectivity index (χ1v) is 14.6. The van der Waals surface area contributed by atoms with Gasteiger partial charge in [-0.2, -0.15) is 8.42 Å². The minimum absolute atomic E-state index is 0.129. The molecular weight excluding hydrogens is 524 g/mol. The molecule has 4 rings (SSSR count). The lowest BCUT2D eigenvalue weighted by atomic mass is 9.78. The smallest absolute Gasteiger partial charge is 0.295 e. The van der Waals surface area contributed by atoms with E-state index in [0.717, 1.165) is 22.9 Å². The summed E-state index contributed by atoms with van der Waals surface area (Å²) in [5.41, 5.74) is 2.47. The third kappa shape index (κ3) is 5.60. The Morgan fingerprint density at radius 3 is 1.61 bits per heavy atom. The second kappa shape index (κ2) is 10.2. The molecule has 4 aromatic rings. The van der Waals surface area contributed by atoms with Crippen molar-refractivity contribution in [1.82, 2.24) is 0 Å². The van der Waals surface area contributed by atoms with Crippen LogP contribution in [-0.4, -0.2) is 28.5 Å². The lowest BCUT2D eigenvalue weighted by Gasteiger charge is -2.26. The van der Waals surface area contributed by atoms with Crippen LogP contribution in [0.4, 0.5) is 0 Å². The van der Waals surface area contributed by atoms with Gasteiger partial charge in [-0.15, -0.1) is 0 Å². The number of aryl methyl sites for hydroxylation is 1. The number of sulfone groups is 1. The van der Waals surface area contributed by atoms with Crippen molar-refractivity contribution >= 4 is 20.0 Å². The minimum atomic E-state index is -4.74. The highest BCUT2D eigenvalue weighted by Gasteiger charge is 2.27. The second-order valence-electron chi connectivity index (χ2n) is 9.38. The van der Waals surface area contributed by atoms with Gasteiger partial charge in [-0.25, -0.2) is 8.42 Å². The van der Waals surface area contributed by atoms with Crippen LogP contribution in [0, 0.1) is 6.92 Å². The Morgan fingerprint density at radius 2 is 1.13 bits per heavy atom. The van der Waals surface area contributed by atoms with Gasteiger partial charge in [-0.05, 0) is 84.3 Å². The van der Waals surface area contributed by atoms with Crippen molar-refractivity contribution in [3.63, 3.8) is 0 Å². The zero-order chi connectivity index (χ0) is 27.7. The van der Waals surface area contributed by atoms with E-state index in [4.69, 9.17) is 9.47 Å². The number of benzene rings is 4. The maximum atomic E-state index is 13.1. The van der Waals surface area contributed by atoms with Crippen molar-refractivity contribution in [2.45, 2.75) is 40.9 Å². The first-order chi connectivity index (χ1) is 17.8. The molecule has 0 aromatic heterocycles.